The molecular weight excluding hydrogens is 120 g/mol. The summed E-state index contributed by atoms with van der Waals surface area (Å²) in [4.78, 5) is 9.25. The van der Waals surface area contributed by atoms with Gasteiger partial charge in [0, 0.05) is 6.08 Å². The van der Waals surface area contributed by atoms with Crippen molar-refractivity contribution in [1.82, 2.24) is 0 Å². The summed E-state index contributed by atoms with van der Waals surface area (Å²) in [6, 6.07) is 0. The van der Waals surface area contributed by atoms with Crippen LogP contribution in [0.3, 0.4) is 0 Å². The summed E-state index contributed by atoms with van der Waals surface area (Å²) in [6.45, 7) is 4.49. The van der Waals surface area contributed by atoms with E-state index in [9.17, 15) is 4.79 Å². The molecule has 0 bridgehead atoms. The van der Waals surface area contributed by atoms with Gasteiger partial charge in [-0.1, -0.05) is 6.58 Å². The molecule has 0 spiro atoms. The van der Waals surface area contributed by atoms with Crippen molar-refractivity contribution < 1.29 is 9.90 Å². The van der Waals surface area contributed by atoms with E-state index < -0.39 is 5.97 Å². The number of rotatable bonds is 1. The first-order valence-electron chi connectivity index (χ1n) is 2.16. The van der Waals surface area contributed by atoms with Crippen LogP contribution in [-0.2, 0) is 4.79 Å². The Hall–Kier alpha value is -1.32. The summed E-state index contributed by atoms with van der Waals surface area (Å²) in [7, 11) is 0. The van der Waals surface area contributed by atoms with Gasteiger partial charge in [0.05, 0.1) is 5.84 Å². The summed E-state index contributed by atoms with van der Waals surface area (Å²) in [5, 5.41) is 13.9. The Labute approximate surface area is 53.5 Å². The fourth-order valence-corrected chi connectivity index (χ4v) is 0. The van der Waals surface area contributed by atoms with Crippen LogP contribution in [0, 0.1) is 5.41 Å². The summed E-state index contributed by atoms with van der Waals surface area (Å²) >= 11 is 0. The van der Waals surface area contributed by atoms with E-state index in [0.717, 1.165) is 6.08 Å². The number of hydrogen-bond acceptors (Lipinski definition) is 2. The van der Waals surface area contributed by atoms with Gasteiger partial charge in [0.15, 0.2) is 0 Å². The van der Waals surface area contributed by atoms with Crippen LogP contribution in [0.15, 0.2) is 12.7 Å². The zero-order chi connectivity index (χ0) is 7.86. The third-order valence-electron chi connectivity index (χ3n) is 0.175. The topological polar surface area (TPSA) is 87.2 Å². The molecule has 0 aliphatic carbocycles. The molecule has 9 heavy (non-hydrogen) atoms. The Morgan fingerprint density at radius 1 is 1.89 bits per heavy atom. The second-order valence-electron chi connectivity index (χ2n) is 1.23. The van der Waals surface area contributed by atoms with Gasteiger partial charge >= 0.3 is 5.97 Å². The average molecular weight is 130 g/mol. The Balaban J connectivity index is 0. The summed E-state index contributed by atoms with van der Waals surface area (Å²) < 4.78 is 0. The molecule has 52 valence electrons. The molecule has 0 aliphatic heterocycles. The maximum absolute atomic E-state index is 9.25. The van der Waals surface area contributed by atoms with Gasteiger partial charge in [-0.15, -0.1) is 0 Å². The van der Waals surface area contributed by atoms with Gasteiger partial charge in [-0.25, -0.2) is 4.79 Å². The number of amidine groups is 1. The van der Waals surface area contributed by atoms with Gasteiger partial charge in [0.2, 0.25) is 0 Å². The predicted molar refractivity (Wildman–Crippen MR) is 35.4 cm³/mol. The number of carboxylic acids is 1. The number of aliphatic carboxylic acids is 1. The van der Waals surface area contributed by atoms with Crippen molar-refractivity contribution in [1.29, 1.82) is 5.41 Å². The van der Waals surface area contributed by atoms with Gasteiger partial charge in [-0.2, -0.15) is 0 Å². The van der Waals surface area contributed by atoms with Gasteiger partial charge in [-0.3, -0.25) is 5.41 Å². The highest BCUT2D eigenvalue weighted by atomic mass is 16.4. The summed E-state index contributed by atoms with van der Waals surface area (Å²) in [5.74, 6) is -0.815. The summed E-state index contributed by atoms with van der Waals surface area (Å²) in [5.41, 5.74) is 4.69. The van der Waals surface area contributed by atoms with Crippen LogP contribution in [0.1, 0.15) is 6.92 Å². The fraction of sp³-hybridized carbons (Fsp3) is 0.200. The van der Waals surface area contributed by atoms with E-state index in [-0.39, 0.29) is 5.84 Å². The average Bonchev–Trinajstić information content (AvgIpc) is 1.65. The zero-order valence-electron chi connectivity index (χ0n) is 5.22. The molecule has 0 aliphatic rings. The van der Waals surface area contributed by atoms with Gasteiger partial charge in [0.25, 0.3) is 0 Å². The van der Waals surface area contributed by atoms with E-state index in [1.54, 1.807) is 0 Å². The van der Waals surface area contributed by atoms with Crippen LogP contribution < -0.4 is 5.73 Å². The van der Waals surface area contributed by atoms with Crippen LogP contribution in [0.2, 0.25) is 0 Å². The molecule has 0 aromatic heterocycles. The third kappa shape index (κ3) is 316. The third-order valence-corrected chi connectivity index (χ3v) is 0.175. The van der Waals surface area contributed by atoms with Crippen LogP contribution in [0.5, 0.6) is 0 Å². The zero-order valence-corrected chi connectivity index (χ0v) is 5.22. The van der Waals surface area contributed by atoms with E-state index in [2.05, 4.69) is 6.58 Å². The molecule has 0 radical (unpaired) electrons. The standard InChI is InChI=1S/C3H4O2.C2H6N2/c1-2-3(4)5;1-2(3)4/h2H,1H2,(H,4,5);1H3,(H3,3,4). The second-order valence-corrected chi connectivity index (χ2v) is 1.23. The molecule has 0 atom stereocenters. The van der Waals surface area contributed by atoms with Gasteiger partial charge < -0.3 is 10.8 Å². The molecule has 0 amide bonds. The van der Waals surface area contributed by atoms with Crippen molar-refractivity contribution >= 4 is 11.8 Å². The highest BCUT2D eigenvalue weighted by Gasteiger charge is 1.73. The van der Waals surface area contributed by atoms with Crippen molar-refractivity contribution in [3.63, 3.8) is 0 Å². The first-order valence-corrected chi connectivity index (χ1v) is 2.16. The molecule has 0 saturated carbocycles. The Bertz CT molecular complexity index is 116. The Morgan fingerprint density at radius 3 is 2.00 bits per heavy atom. The number of nitrogens with one attached hydrogen (secondary N) is 1. The number of carboxylic acid groups (broad SMARTS) is 1. The van der Waals surface area contributed by atoms with Gasteiger partial charge in [-0.05, 0) is 6.92 Å². The highest BCUT2D eigenvalue weighted by Crippen LogP contribution is 1.54. The lowest BCUT2D eigenvalue weighted by Crippen LogP contribution is -2.00. The Kier molecular flexibility index (Phi) is 7.88. The maximum Gasteiger partial charge on any atom is 0.327 e. The van der Waals surface area contributed by atoms with Crippen molar-refractivity contribution in [3.8, 4) is 0 Å². The van der Waals surface area contributed by atoms with E-state index in [1.165, 1.54) is 6.92 Å². The van der Waals surface area contributed by atoms with Crippen LogP contribution >= 0.6 is 0 Å². The van der Waals surface area contributed by atoms with Gasteiger partial charge in [0.1, 0.15) is 0 Å². The van der Waals surface area contributed by atoms with Crippen molar-refractivity contribution in [2.45, 2.75) is 6.92 Å². The Morgan fingerprint density at radius 2 is 2.00 bits per heavy atom. The SMILES string of the molecule is C=CC(=O)O.CC(=N)N. The van der Waals surface area contributed by atoms with Crippen LogP contribution in [-0.4, -0.2) is 16.9 Å². The minimum absolute atomic E-state index is 0.167. The van der Waals surface area contributed by atoms with E-state index in [0.29, 0.717) is 0 Å². The monoisotopic (exact) mass is 130 g/mol. The lowest BCUT2D eigenvalue weighted by molar-refractivity contribution is -0.131. The molecule has 4 nitrogen and oxygen atoms in total. The van der Waals surface area contributed by atoms with Crippen molar-refractivity contribution in [3.05, 3.63) is 12.7 Å². The molecule has 0 fully saturated rings. The summed E-state index contributed by atoms with van der Waals surface area (Å²) in [6.07, 6.45) is 0.833. The van der Waals surface area contributed by atoms with E-state index >= 15 is 0 Å². The molecule has 0 saturated heterocycles. The molecule has 0 rings (SSSR count). The lowest BCUT2D eigenvalue weighted by Gasteiger charge is -1.66. The van der Waals surface area contributed by atoms with Crippen molar-refractivity contribution in [2.75, 3.05) is 0 Å². The number of nitrogens with two attached hydrogens (primary N) is 1. The maximum atomic E-state index is 9.25. The van der Waals surface area contributed by atoms with E-state index in [1.807, 2.05) is 0 Å². The largest absolute Gasteiger partial charge is 0.478 e. The first kappa shape index (κ1) is 10.6. The molecule has 4 heteroatoms. The highest BCUT2D eigenvalue weighted by molar-refractivity contribution is 5.78. The van der Waals surface area contributed by atoms with Crippen LogP contribution in [0.25, 0.3) is 0 Å². The smallest absolute Gasteiger partial charge is 0.327 e. The van der Waals surface area contributed by atoms with Crippen LogP contribution in [0.4, 0.5) is 0 Å². The quantitative estimate of drug-likeness (QED) is 0.269. The molecule has 0 aromatic rings. The normalized spacial score (nSPS) is 6.33. The minimum Gasteiger partial charge on any atom is -0.478 e. The predicted octanol–water partition coefficient (Wildman–Crippen LogP) is 0.199. The molecule has 0 unspecified atom stereocenters. The molecule has 0 aromatic carbocycles. The fourth-order valence-electron chi connectivity index (χ4n) is 0. The van der Waals surface area contributed by atoms with E-state index in [4.69, 9.17) is 16.2 Å². The van der Waals surface area contributed by atoms with Crippen molar-refractivity contribution in [2.24, 2.45) is 5.73 Å². The lowest BCUT2D eigenvalue weighted by atomic mass is 10.7. The number of carbonyl (C=O) groups is 1. The first-order chi connectivity index (χ1) is 4.00. The minimum atomic E-state index is -0.981. The molecule has 4 N–H and O–H groups in total. The molecule has 0 heterocycles. The molecular formula is C5H10N2O2. The second kappa shape index (κ2) is 6.68. The number of hydrogen-bond donors (Lipinski definition) is 3.